The van der Waals surface area contributed by atoms with E-state index in [9.17, 15) is 0 Å². The Balaban J connectivity index is 2.38. The average molecular weight is 210 g/mol. The van der Waals surface area contributed by atoms with Gasteiger partial charge in [0, 0.05) is 31.7 Å². The summed E-state index contributed by atoms with van der Waals surface area (Å²) in [5.41, 5.74) is 9.35. The summed E-state index contributed by atoms with van der Waals surface area (Å²) in [5, 5.41) is 3.43. The van der Waals surface area contributed by atoms with E-state index in [1.807, 2.05) is 6.92 Å². The number of nitrogens with two attached hydrogens (primary N) is 1. The predicted molar refractivity (Wildman–Crippen MR) is 63.3 cm³/mol. The predicted octanol–water partition coefficient (Wildman–Crippen LogP) is 1.91. The van der Waals surface area contributed by atoms with Gasteiger partial charge in [0.2, 0.25) is 0 Å². The summed E-state index contributed by atoms with van der Waals surface area (Å²) in [6, 6.07) is 0. The molecule has 1 aliphatic carbocycles. The molecule has 15 heavy (non-hydrogen) atoms. The van der Waals surface area contributed by atoms with Crippen LogP contribution in [0.5, 0.6) is 0 Å². The van der Waals surface area contributed by atoms with Crippen LogP contribution >= 0.6 is 0 Å². The van der Waals surface area contributed by atoms with Gasteiger partial charge in [-0.25, -0.2) is 0 Å². The first-order chi connectivity index (χ1) is 7.24. The number of ether oxygens (including phenoxy) is 1. The zero-order valence-electron chi connectivity index (χ0n) is 9.81. The minimum Gasteiger partial charge on any atom is -0.402 e. The molecule has 0 radical (unpaired) electrons. The Labute approximate surface area is 92.4 Å². The van der Waals surface area contributed by atoms with E-state index in [2.05, 4.69) is 11.4 Å². The molecule has 0 unspecified atom stereocenters. The van der Waals surface area contributed by atoms with Crippen molar-refractivity contribution in [1.29, 1.82) is 0 Å². The van der Waals surface area contributed by atoms with Gasteiger partial charge in [0.1, 0.15) is 0 Å². The van der Waals surface area contributed by atoms with Gasteiger partial charge in [-0.3, -0.25) is 0 Å². The molecule has 0 heterocycles. The summed E-state index contributed by atoms with van der Waals surface area (Å²) >= 11 is 0. The fourth-order valence-corrected chi connectivity index (χ4v) is 1.74. The van der Waals surface area contributed by atoms with Gasteiger partial charge in [-0.15, -0.1) is 0 Å². The Morgan fingerprint density at radius 3 is 3.00 bits per heavy atom. The number of allylic oxidation sites excluding steroid dienone is 4. The van der Waals surface area contributed by atoms with Crippen LogP contribution in [-0.2, 0) is 4.74 Å². The summed E-state index contributed by atoms with van der Waals surface area (Å²) in [6.45, 7) is 3.77. The van der Waals surface area contributed by atoms with Gasteiger partial charge in [0.15, 0.2) is 0 Å². The quantitative estimate of drug-likeness (QED) is 0.681. The molecule has 0 fully saturated rings. The van der Waals surface area contributed by atoms with E-state index in [-0.39, 0.29) is 0 Å². The van der Waals surface area contributed by atoms with Crippen molar-refractivity contribution in [3.05, 3.63) is 23.0 Å². The van der Waals surface area contributed by atoms with E-state index in [1.54, 1.807) is 7.11 Å². The van der Waals surface area contributed by atoms with Crippen LogP contribution in [0.2, 0.25) is 0 Å². The van der Waals surface area contributed by atoms with E-state index in [0.29, 0.717) is 0 Å². The van der Waals surface area contributed by atoms with Crippen molar-refractivity contribution in [2.24, 2.45) is 5.73 Å². The standard InChI is InChI=1S/C12H22N2O/c1-10(13)11-5-3-6-12(9-11)14-7-4-8-15-2/h9,14H,3-8,13H2,1-2H3/b11-10+. The minimum atomic E-state index is 0.818. The molecule has 0 aliphatic heterocycles. The summed E-state index contributed by atoms with van der Waals surface area (Å²) in [6.07, 6.45) is 6.71. The molecule has 0 bridgehead atoms. The van der Waals surface area contributed by atoms with Crippen molar-refractivity contribution in [3.8, 4) is 0 Å². The lowest BCUT2D eigenvalue weighted by Crippen LogP contribution is -2.18. The van der Waals surface area contributed by atoms with Crippen molar-refractivity contribution in [1.82, 2.24) is 5.32 Å². The van der Waals surface area contributed by atoms with E-state index >= 15 is 0 Å². The Bertz CT molecular complexity index is 252. The molecule has 86 valence electrons. The topological polar surface area (TPSA) is 47.3 Å². The Morgan fingerprint density at radius 1 is 1.53 bits per heavy atom. The molecule has 1 rings (SSSR count). The third kappa shape index (κ3) is 4.38. The molecule has 0 saturated heterocycles. The summed E-state index contributed by atoms with van der Waals surface area (Å²) in [7, 11) is 1.73. The Morgan fingerprint density at radius 2 is 2.33 bits per heavy atom. The maximum absolute atomic E-state index is 5.79. The van der Waals surface area contributed by atoms with Crippen LogP contribution in [-0.4, -0.2) is 20.3 Å². The monoisotopic (exact) mass is 210 g/mol. The van der Waals surface area contributed by atoms with Crippen LogP contribution in [0.3, 0.4) is 0 Å². The first-order valence-corrected chi connectivity index (χ1v) is 5.62. The number of rotatable bonds is 5. The van der Waals surface area contributed by atoms with Gasteiger partial charge in [-0.1, -0.05) is 0 Å². The van der Waals surface area contributed by atoms with Crippen LogP contribution in [0.4, 0.5) is 0 Å². The minimum absolute atomic E-state index is 0.818. The second-order valence-corrected chi connectivity index (χ2v) is 4.00. The lowest BCUT2D eigenvalue weighted by molar-refractivity contribution is 0.195. The maximum atomic E-state index is 5.79. The smallest absolute Gasteiger partial charge is 0.0479 e. The molecular formula is C12H22N2O. The molecule has 0 spiro atoms. The molecule has 1 aliphatic rings. The number of hydrogen-bond donors (Lipinski definition) is 2. The van der Waals surface area contributed by atoms with E-state index in [1.165, 1.54) is 17.7 Å². The normalized spacial score (nSPS) is 19.7. The van der Waals surface area contributed by atoms with Gasteiger partial charge in [-0.2, -0.15) is 0 Å². The maximum Gasteiger partial charge on any atom is 0.0479 e. The highest BCUT2D eigenvalue weighted by atomic mass is 16.5. The Kier molecular flexibility index (Phi) is 5.26. The summed E-state index contributed by atoms with van der Waals surface area (Å²) in [5.74, 6) is 0. The highest BCUT2D eigenvalue weighted by Gasteiger charge is 2.07. The second-order valence-electron chi connectivity index (χ2n) is 4.00. The third-order valence-electron chi connectivity index (χ3n) is 2.62. The van der Waals surface area contributed by atoms with Gasteiger partial charge >= 0.3 is 0 Å². The van der Waals surface area contributed by atoms with Crippen molar-refractivity contribution in [2.75, 3.05) is 20.3 Å². The SMILES string of the molecule is COCCCNC1=C/C(=C(\C)N)CCC1. The zero-order chi connectivity index (χ0) is 11.1. The molecule has 3 N–H and O–H groups in total. The zero-order valence-corrected chi connectivity index (χ0v) is 9.81. The first-order valence-electron chi connectivity index (χ1n) is 5.62. The second kappa shape index (κ2) is 6.51. The first kappa shape index (κ1) is 12.1. The van der Waals surface area contributed by atoms with Gasteiger partial charge in [-0.05, 0) is 44.3 Å². The number of methoxy groups -OCH3 is 1. The van der Waals surface area contributed by atoms with Crippen molar-refractivity contribution < 1.29 is 4.74 Å². The van der Waals surface area contributed by atoms with Crippen LogP contribution in [0, 0.1) is 0 Å². The number of hydrogen-bond acceptors (Lipinski definition) is 3. The van der Waals surface area contributed by atoms with Gasteiger partial charge in [0.25, 0.3) is 0 Å². The van der Waals surface area contributed by atoms with Crippen molar-refractivity contribution in [2.45, 2.75) is 32.6 Å². The highest BCUT2D eigenvalue weighted by Crippen LogP contribution is 2.21. The molecule has 3 heteroatoms. The fourth-order valence-electron chi connectivity index (χ4n) is 1.74. The largest absolute Gasteiger partial charge is 0.402 e. The lowest BCUT2D eigenvalue weighted by atomic mass is 9.98. The molecule has 0 amide bonds. The van der Waals surface area contributed by atoms with Crippen LogP contribution in [0.1, 0.15) is 32.6 Å². The third-order valence-corrected chi connectivity index (χ3v) is 2.62. The highest BCUT2D eigenvalue weighted by molar-refractivity contribution is 5.29. The lowest BCUT2D eigenvalue weighted by Gasteiger charge is -2.18. The van der Waals surface area contributed by atoms with Crippen molar-refractivity contribution >= 4 is 0 Å². The van der Waals surface area contributed by atoms with E-state index in [4.69, 9.17) is 10.5 Å². The summed E-state index contributed by atoms with van der Waals surface area (Å²) in [4.78, 5) is 0. The molecular weight excluding hydrogens is 188 g/mol. The summed E-state index contributed by atoms with van der Waals surface area (Å²) < 4.78 is 5.00. The Hall–Kier alpha value is -0.960. The fraction of sp³-hybridized carbons (Fsp3) is 0.667. The van der Waals surface area contributed by atoms with Crippen LogP contribution in [0.15, 0.2) is 23.0 Å². The number of nitrogens with one attached hydrogen (secondary N) is 1. The molecule has 0 atom stereocenters. The van der Waals surface area contributed by atoms with Gasteiger partial charge in [0.05, 0.1) is 0 Å². The molecule has 0 aromatic heterocycles. The average Bonchev–Trinajstić information content (AvgIpc) is 2.25. The molecule has 0 saturated carbocycles. The molecule has 0 aromatic rings. The van der Waals surface area contributed by atoms with Crippen LogP contribution in [0.25, 0.3) is 0 Å². The van der Waals surface area contributed by atoms with E-state index < -0.39 is 0 Å². The van der Waals surface area contributed by atoms with Gasteiger partial charge < -0.3 is 15.8 Å². The molecule has 0 aromatic carbocycles. The molecule has 3 nitrogen and oxygen atoms in total. The van der Waals surface area contributed by atoms with Crippen LogP contribution < -0.4 is 11.1 Å². The van der Waals surface area contributed by atoms with Crippen molar-refractivity contribution in [3.63, 3.8) is 0 Å². The van der Waals surface area contributed by atoms with E-state index in [0.717, 1.165) is 38.1 Å².